The van der Waals surface area contributed by atoms with Gasteiger partial charge < -0.3 is 5.11 Å². The van der Waals surface area contributed by atoms with E-state index >= 15 is 0 Å². The summed E-state index contributed by atoms with van der Waals surface area (Å²) in [4.78, 5) is 0. The van der Waals surface area contributed by atoms with Gasteiger partial charge in [0.05, 0.1) is 0 Å². The van der Waals surface area contributed by atoms with E-state index in [4.69, 9.17) is 51.5 Å². The minimum Gasteiger partial charge on any atom is -0.340 e. The molecular weight excluding hydrogens is 198 g/mol. The van der Waals surface area contributed by atoms with Crippen LogP contribution < -0.4 is 0 Å². The van der Waals surface area contributed by atoms with E-state index in [1.807, 2.05) is 0 Å². The molecule has 0 rings (SSSR count). The van der Waals surface area contributed by atoms with Crippen molar-refractivity contribution in [2.24, 2.45) is 0 Å². The second-order valence-electron chi connectivity index (χ2n) is 0.865. The summed E-state index contributed by atoms with van der Waals surface area (Å²) >= 11 is 19.7. The van der Waals surface area contributed by atoms with Gasteiger partial charge in [0.25, 0.3) is 0 Å². The number of alkyl halides is 4. The molecule has 0 bridgehead atoms. The van der Waals surface area contributed by atoms with Crippen LogP contribution in [0.3, 0.4) is 0 Å². The Hall–Kier alpha value is 1.08. The van der Waals surface area contributed by atoms with E-state index in [-0.39, 0.29) is 0 Å². The zero-order chi connectivity index (χ0) is 6.78. The smallest absolute Gasteiger partial charge is 0.331 e. The Balaban J connectivity index is 3.39. The zero-order valence-corrected chi connectivity index (χ0v) is 6.47. The van der Waals surface area contributed by atoms with E-state index in [0.717, 1.165) is 0 Å². The van der Waals surface area contributed by atoms with Gasteiger partial charge in [0.1, 0.15) is 0 Å². The van der Waals surface area contributed by atoms with Crippen molar-refractivity contribution < 1.29 is 9.84 Å². The molecule has 0 aliphatic carbocycles. The molecule has 0 aromatic heterocycles. The van der Waals surface area contributed by atoms with E-state index in [1.165, 1.54) is 0 Å². The molecule has 6 heteroatoms. The number of rotatable bonds is 2. The topological polar surface area (TPSA) is 29.5 Å². The molecule has 0 saturated carbocycles. The number of ether oxygens (including phenoxy) is 1. The molecule has 0 amide bonds. The van der Waals surface area contributed by atoms with Gasteiger partial charge in [-0.15, -0.1) is 0 Å². The molecule has 0 saturated heterocycles. The number of hydrogen-bond acceptors (Lipinski definition) is 2. The lowest BCUT2D eigenvalue weighted by Gasteiger charge is -2.11. The van der Waals surface area contributed by atoms with Gasteiger partial charge in [0.2, 0.25) is 5.02 Å². The minimum absolute atomic E-state index is 1.23. The van der Waals surface area contributed by atoms with Crippen molar-refractivity contribution in [3.63, 3.8) is 0 Å². The zero-order valence-electron chi connectivity index (χ0n) is 3.44. The van der Waals surface area contributed by atoms with Gasteiger partial charge in [-0.2, -0.15) is 0 Å². The minimum atomic E-state index is -2.30. The maximum atomic E-state index is 8.33. The molecule has 0 aliphatic rings. The first-order valence-electron chi connectivity index (χ1n) is 1.48. The van der Waals surface area contributed by atoms with E-state index < -0.39 is 9.73 Å². The fraction of sp³-hybridized carbons (Fsp3) is 1.00. The van der Waals surface area contributed by atoms with Crippen LogP contribution in [0.4, 0.5) is 0 Å². The maximum Gasteiger partial charge on any atom is 0.331 e. The first-order chi connectivity index (χ1) is 3.42. The molecular formula is C2H2Cl4O2. The Bertz CT molecular complexity index is 66.9. The van der Waals surface area contributed by atoms with Crippen molar-refractivity contribution in [1.82, 2.24) is 0 Å². The van der Waals surface area contributed by atoms with Crippen molar-refractivity contribution in [2.45, 2.75) is 9.73 Å². The molecule has 0 fully saturated rings. The lowest BCUT2D eigenvalue weighted by atomic mass is 11.4. The molecule has 0 aromatic rings. The van der Waals surface area contributed by atoms with Crippen LogP contribution in [0.25, 0.3) is 0 Å². The molecule has 0 aliphatic heterocycles. The fourth-order valence-electron chi connectivity index (χ4n) is 0.107. The monoisotopic (exact) mass is 198 g/mol. The van der Waals surface area contributed by atoms with Crippen LogP contribution in [0.5, 0.6) is 0 Å². The fourth-order valence-corrected chi connectivity index (χ4v) is 0.726. The summed E-state index contributed by atoms with van der Waals surface area (Å²) in [6.45, 7) is 0. The molecule has 0 atom stereocenters. The summed E-state index contributed by atoms with van der Waals surface area (Å²) < 4.78 is 1.76. The molecule has 1 N–H and O–H groups in total. The van der Waals surface area contributed by atoms with Crippen LogP contribution in [-0.2, 0) is 4.74 Å². The summed E-state index contributed by atoms with van der Waals surface area (Å²) in [7, 11) is 0. The van der Waals surface area contributed by atoms with Crippen LogP contribution in [0.15, 0.2) is 0 Å². The largest absolute Gasteiger partial charge is 0.340 e. The first kappa shape index (κ1) is 9.08. The lowest BCUT2D eigenvalue weighted by Crippen LogP contribution is -2.18. The number of halogens is 4. The van der Waals surface area contributed by atoms with Gasteiger partial charge in [-0.3, -0.25) is 4.74 Å². The third-order valence-corrected chi connectivity index (χ3v) is 0.587. The molecule has 0 aromatic carbocycles. The third-order valence-electron chi connectivity index (χ3n) is 0.231. The van der Waals surface area contributed by atoms with Gasteiger partial charge in [-0.05, 0) is 23.2 Å². The summed E-state index contributed by atoms with van der Waals surface area (Å²) in [5, 5.41) is 7.10. The highest BCUT2D eigenvalue weighted by Crippen LogP contribution is 2.22. The Morgan fingerprint density at radius 1 is 1.38 bits per heavy atom. The molecule has 2 nitrogen and oxygen atoms in total. The SMILES string of the molecule is OC(Cl)(Cl)OC(Cl)Cl. The second kappa shape index (κ2) is 3.30. The van der Waals surface area contributed by atoms with E-state index in [2.05, 4.69) is 4.74 Å². The highest BCUT2D eigenvalue weighted by Gasteiger charge is 2.22. The average Bonchev–Trinajstić information content (AvgIpc) is 1.21. The normalized spacial score (nSPS) is 12.8. The van der Waals surface area contributed by atoms with E-state index in [9.17, 15) is 0 Å². The van der Waals surface area contributed by atoms with E-state index in [0.29, 0.717) is 0 Å². The Morgan fingerprint density at radius 2 is 1.75 bits per heavy atom. The Labute approximate surface area is 66.2 Å². The van der Waals surface area contributed by atoms with E-state index in [1.54, 1.807) is 0 Å². The Kier molecular flexibility index (Phi) is 3.74. The van der Waals surface area contributed by atoms with Gasteiger partial charge in [0.15, 0.2) is 0 Å². The van der Waals surface area contributed by atoms with Crippen molar-refractivity contribution in [3.8, 4) is 0 Å². The highest BCUT2D eigenvalue weighted by molar-refractivity contribution is 6.47. The molecule has 0 radical (unpaired) electrons. The number of aliphatic hydroxyl groups is 1. The summed E-state index contributed by atoms with van der Waals surface area (Å²) in [6, 6.07) is 0. The quantitative estimate of drug-likeness (QED) is 0.544. The first-order valence-corrected chi connectivity index (χ1v) is 3.11. The third kappa shape index (κ3) is 7.08. The van der Waals surface area contributed by atoms with Crippen LogP contribution in [0.1, 0.15) is 0 Å². The highest BCUT2D eigenvalue weighted by atomic mass is 35.5. The summed E-state index contributed by atoms with van der Waals surface area (Å²) in [6.07, 6.45) is 0. The van der Waals surface area contributed by atoms with Crippen molar-refractivity contribution in [1.29, 1.82) is 0 Å². The van der Waals surface area contributed by atoms with Crippen LogP contribution in [0.2, 0.25) is 0 Å². The standard InChI is InChI=1S/C2H2Cl4O2/c3-1(4)8-2(5,6)7/h1,7H. The maximum absolute atomic E-state index is 8.33. The van der Waals surface area contributed by atoms with Crippen molar-refractivity contribution in [2.75, 3.05) is 0 Å². The molecule has 0 unspecified atom stereocenters. The molecule has 50 valence electrons. The van der Waals surface area contributed by atoms with Gasteiger partial charge in [0, 0.05) is 0 Å². The lowest BCUT2D eigenvalue weighted by molar-refractivity contribution is -0.0667. The molecule has 8 heavy (non-hydrogen) atoms. The Morgan fingerprint density at radius 3 is 1.75 bits per heavy atom. The predicted octanol–water partition coefficient (Wildman–Crippen LogP) is 1.85. The second-order valence-corrected chi connectivity index (χ2v) is 3.10. The van der Waals surface area contributed by atoms with Crippen LogP contribution >= 0.6 is 46.4 Å². The van der Waals surface area contributed by atoms with Crippen LogP contribution in [-0.4, -0.2) is 14.8 Å². The number of hydrogen-bond donors (Lipinski definition) is 1. The van der Waals surface area contributed by atoms with Gasteiger partial charge >= 0.3 is 4.71 Å². The van der Waals surface area contributed by atoms with Gasteiger partial charge in [-0.25, -0.2) is 0 Å². The summed E-state index contributed by atoms with van der Waals surface area (Å²) in [5.41, 5.74) is 0. The van der Waals surface area contributed by atoms with Crippen molar-refractivity contribution in [3.05, 3.63) is 0 Å². The van der Waals surface area contributed by atoms with Crippen LogP contribution in [0, 0.1) is 0 Å². The predicted molar refractivity (Wildman–Crippen MR) is 33.2 cm³/mol. The molecule has 0 spiro atoms. The average molecular weight is 200 g/mol. The van der Waals surface area contributed by atoms with Gasteiger partial charge in [-0.1, -0.05) is 23.2 Å². The van der Waals surface area contributed by atoms with Crippen molar-refractivity contribution >= 4 is 46.4 Å². The summed E-state index contributed by atoms with van der Waals surface area (Å²) in [5.74, 6) is 0. The molecule has 0 heterocycles.